The number of rotatable bonds is 7. The first-order chi connectivity index (χ1) is 6.72. The van der Waals surface area contributed by atoms with Crippen LogP contribution in [-0.4, -0.2) is 50.1 Å². The van der Waals surface area contributed by atoms with Crippen molar-refractivity contribution in [3.8, 4) is 0 Å². The Morgan fingerprint density at radius 3 is 2.79 bits per heavy atom. The normalized spacial score (nSPS) is 15.9. The van der Waals surface area contributed by atoms with Gasteiger partial charge in [-0.25, -0.2) is 0 Å². The first-order valence-electron chi connectivity index (χ1n) is 5.41. The molecule has 0 aromatic heterocycles. The summed E-state index contributed by atoms with van der Waals surface area (Å²) in [5.41, 5.74) is 0. The van der Waals surface area contributed by atoms with E-state index in [-0.39, 0.29) is 5.91 Å². The first-order valence-corrected chi connectivity index (χ1v) is 5.41. The van der Waals surface area contributed by atoms with E-state index in [0.29, 0.717) is 12.6 Å². The van der Waals surface area contributed by atoms with Gasteiger partial charge in [-0.1, -0.05) is 6.92 Å². The summed E-state index contributed by atoms with van der Waals surface area (Å²) in [6, 6.07) is 0.477. The van der Waals surface area contributed by atoms with Gasteiger partial charge in [0.2, 0.25) is 5.91 Å². The molecule has 0 atom stereocenters. The maximum atomic E-state index is 11.4. The van der Waals surface area contributed by atoms with Crippen molar-refractivity contribution in [3.63, 3.8) is 0 Å². The molecule has 1 saturated carbocycles. The summed E-state index contributed by atoms with van der Waals surface area (Å²) in [6.45, 7) is 5.46. The van der Waals surface area contributed by atoms with Crippen LogP contribution in [0.1, 0.15) is 19.8 Å². The van der Waals surface area contributed by atoms with E-state index in [1.807, 2.05) is 11.9 Å². The van der Waals surface area contributed by atoms with Crippen molar-refractivity contribution in [2.24, 2.45) is 0 Å². The number of carbonyl (C=O) groups excluding carboxylic acids is 1. The van der Waals surface area contributed by atoms with Crippen molar-refractivity contribution < 1.29 is 4.79 Å². The Kier molecular flexibility index (Phi) is 4.90. The van der Waals surface area contributed by atoms with Crippen molar-refractivity contribution in [3.05, 3.63) is 0 Å². The van der Waals surface area contributed by atoms with Crippen molar-refractivity contribution in [2.45, 2.75) is 25.8 Å². The van der Waals surface area contributed by atoms with Gasteiger partial charge in [0.15, 0.2) is 0 Å². The zero-order valence-electron chi connectivity index (χ0n) is 9.18. The summed E-state index contributed by atoms with van der Waals surface area (Å²) in [6.07, 6.45) is 2.32. The standard InChI is InChI=1S/C10H21N3O/c1-3-11-6-7-13(2)8-10(14)12-9-4-5-9/h9,11H,3-8H2,1-2H3,(H,12,14). The lowest BCUT2D eigenvalue weighted by Gasteiger charge is -2.15. The number of hydrogen-bond donors (Lipinski definition) is 2. The molecular formula is C10H21N3O. The molecule has 0 aromatic carbocycles. The highest BCUT2D eigenvalue weighted by Crippen LogP contribution is 2.18. The molecule has 14 heavy (non-hydrogen) atoms. The Bertz CT molecular complexity index is 180. The zero-order chi connectivity index (χ0) is 10.4. The average Bonchev–Trinajstić information content (AvgIpc) is 2.88. The Hall–Kier alpha value is -0.610. The minimum atomic E-state index is 0.159. The second-order valence-electron chi connectivity index (χ2n) is 3.93. The van der Waals surface area contributed by atoms with Gasteiger partial charge in [-0.3, -0.25) is 9.69 Å². The van der Waals surface area contributed by atoms with E-state index < -0.39 is 0 Å². The lowest BCUT2D eigenvalue weighted by molar-refractivity contribution is -0.122. The number of hydrogen-bond acceptors (Lipinski definition) is 3. The Morgan fingerprint density at radius 1 is 1.50 bits per heavy atom. The largest absolute Gasteiger partial charge is 0.352 e. The van der Waals surface area contributed by atoms with Crippen LogP contribution in [0, 0.1) is 0 Å². The number of nitrogens with one attached hydrogen (secondary N) is 2. The van der Waals surface area contributed by atoms with E-state index in [2.05, 4.69) is 17.6 Å². The lowest BCUT2D eigenvalue weighted by atomic mass is 10.4. The van der Waals surface area contributed by atoms with Gasteiger partial charge in [-0.05, 0) is 26.4 Å². The van der Waals surface area contributed by atoms with E-state index in [1.54, 1.807) is 0 Å². The van der Waals surface area contributed by atoms with E-state index in [1.165, 1.54) is 0 Å². The minimum absolute atomic E-state index is 0.159. The smallest absolute Gasteiger partial charge is 0.234 e. The Labute approximate surface area is 86.0 Å². The Balaban J connectivity index is 1.99. The number of likely N-dealkylation sites (N-methyl/N-ethyl adjacent to an activating group) is 2. The fraction of sp³-hybridized carbons (Fsp3) is 0.900. The molecule has 0 unspecified atom stereocenters. The van der Waals surface area contributed by atoms with Crippen LogP contribution in [0.4, 0.5) is 0 Å². The molecule has 0 aliphatic heterocycles. The molecule has 4 nitrogen and oxygen atoms in total. The monoisotopic (exact) mass is 199 g/mol. The average molecular weight is 199 g/mol. The van der Waals surface area contributed by atoms with Gasteiger partial charge >= 0.3 is 0 Å². The van der Waals surface area contributed by atoms with E-state index in [0.717, 1.165) is 32.5 Å². The van der Waals surface area contributed by atoms with Gasteiger partial charge in [0, 0.05) is 19.1 Å². The van der Waals surface area contributed by atoms with Crippen LogP contribution in [0.3, 0.4) is 0 Å². The van der Waals surface area contributed by atoms with Crippen LogP contribution in [0.15, 0.2) is 0 Å². The fourth-order valence-electron chi connectivity index (χ4n) is 1.27. The molecule has 0 aromatic rings. The summed E-state index contributed by atoms with van der Waals surface area (Å²) < 4.78 is 0. The van der Waals surface area contributed by atoms with Crippen LogP contribution in [0.5, 0.6) is 0 Å². The zero-order valence-corrected chi connectivity index (χ0v) is 9.18. The van der Waals surface area contributed by atoms with Crippen molar-refractivity contribution >= 4 is 5.91 Å². The van der Waals surface area contributed by atoms with Gasteiger partial charge in [0.05, 0.1) is 6.54 Å². The highest BCUT2D eigenvalue weighted by Gasteiger charge is 2.23. The maximum absolute atomic E-state index is 11.4. The summed E-state index contributed by atoms with van der Waals surface area (Å²) in [4.78, 5) is 13.4. The van der Waals surface area contributed by atoms with Gasteiger partial charge in [0.1, 0.15) is 0 Å². The molecule has 1 fully saturated rings. The molecule has 4 heteroatoms. The van der Waals surface area contributed by atoms with E-state index in [9.17, 15) is 4.79 Å². The van der Waals surface area contributed by atoms with E-state index in [4.69, 9.17) is 0 Å². The molecule has 0 spiro atoms. The summed E-state index contributed by atoms with van der Waals surface area (Å²) in [7, 11) is 1.98. The van der Waals surface area contributed by atoms with E-state index >= 15 is 0 Å². The molecule has 0 radical (unpaired) electrons. The molecule has 1 aliphatic rings. The second kappa shape index (κ2) is 5.98. The Morgan fingerprint density at radius 2 is 2.21 bits per heavy atom. The number of carbonyl (C=O) groups is 1. The predicted octanol–water partition coefficient (Wildman–Crippen LogP) is -0.194. The van der Waals surface area contributed by atoms with Crippen LogP contribution in [-0.2, 0) is 4.79 Å². The first kappa shape index (κ1) is 11.5. The highest BCUT2D eigenvalue weighted by atomic mass is 16.2. The van der Waals surface area contributed by atoms with Gasteiger partial charge in [-0.2, -0.15) is 0 Å². The van der Waals surface area contributed by atoms with Crippen LogP contribution < -0.4 is 10.6 Å². The molecule has 2 N–H and O–H groups in total. The van der Waals surface area contributed by atoms with Crippen LogP contribution >= 0.6 is 0 Å². The molecule has 1 amide bonds. The topological polar surface area (TPSA) is 44.4 Å². The fourth-order valence-corrected chi connectivity index (χ4v) is 1.27. The van der Waals surface area contributed by atoms with Crippen LogP contribution in [0.25, 0.3) is 0 Å². The summed E-state index contributed by atoms with van der Waals surface area (Å²) in [5.74, 6) is 0.159. The molecule has 0 saturated heterocycles. The van der Waals surface area contributed by atoms with Crippen molar-refractivity contribution in [1.29, 1.82) is 0 Å². The van der Waals surface area contributed by atoms with Crippen molar-refractivity contribution in [2.75, 3.05) is 33.2 Å². The molecular weight excluding hydrogens is 178 g/mol. The lowest BCUT2D eigenvalue weighted by Crippen LogP contribution is -2.38. The quantitative estimate of drug-likeness (QED) is 0.558. The molecule has 0 bridgehead atoms. The SMILES string of the molecule is CCNCCN(C)CC(=O)NC1CC1. The molecule has 0 heterocycles. The highest BCUT2D eigenvalue weighted by molar-refractivity contribution is 5.78. The molecule has 1 aliphatic carbocycles. The third-order valence-corrected chi connectivity index (χ3v) is 2.28. The predicted molar refractivity (Wildman–Crippen MR) is 57.2 cm³/mol. The maximum Gasteiger partial charge on any atom is 0.234 e. The second-order valence-corrected chi connectivity index (χ2v) is 3.93. The van der Waals surface area contributed by atoms with Gasteiger partial charge < -0.3 is 10.6 Å². The summed E-state index contributed by atoms with van der Waals surface area (Å²) in [5, 5.41) is 6.21. The van der Waals surface area contributed by atoms with Crippen molar-refractivity contribution in [1.82, 2.24) is 15.5 Å². The van der Waals surface area contributed by atoms with Crippen LogP contribution in [0.2, 0.25) is 0 Å². The van der Waals surface area contributed by atoms with Gasteiger partial charge in [0.25, 0.3) is 0 Å². The third-order valence-electron chi connectivity index (χ3n) is 2.28. The summed E-state index contributed by atoms with van der Waals surface area (Å²) >= 11 is 0. The minimum Gasteiger partial charge on any atom is -0.352 e. The molecule has 82 valence electrons. The number of amides is 1. The molecule has 1 rings (SSSR count). The third kappa shape index (κ3) is 5.19. The van der Waals surface area contributed by atoms with Gasteiger partial charge in [-0.15, -0.1) is 0 Å². The number of nitrogens with zero attached hydrogens (tertiary/aromatic N) is 1.